The molecule has 6 atom stereocenters. The van der Waals surface area contributed by atoms with E-state index in [1.54, 1.807) is 0 Å². The molecule has 0 aliphatic carbocycles. The first kappa shape index (κ1) is 48.0. The zero-order valence-corrected chi connectivity index (χ0v) is 31.4. The van der Waals surface area contributed by atoms with E-state index >= 15 is 0 Å². The first-order valence-corrected chi connectivity index (χ1v) is 17.9. The zero-order chi connectivity index (χ0) is 42.4. The lowest BCUT2D eigenvalue weighted by atomic mass is 10.1. The number of carbonyl (C=O) groups excluding carboxylic acids is 6. The van der Waals surface area contributed by atoms with Gasteiger partial charge in [-0.2, -0.15) is 0 Å². The maximum absolute atomic E-state index is 13.4. The Balaban J connectivity index is 2.78. The topological polar surface area (TPSA) is 443 Å². The largest absolute Gasteiger partial charge is 0.480 e. The van der Waals surface area contributed by atoms with Crippen molar-refractivity contribution in [2.75, 3.05) is 39.3 Å². The quantitative estimate of drug-likeness (QED) is 0.0232. The van der Waals surface area contributed by atoms with E-state index < -0.39 is 90.8 Å². The van der Waals surface area contributed by atoms with Gasteiger partial charge in [-0.1, -0.05) is 0 Å². The minimum Gasteiger partial charge on any atom is -0.480 e. The highest BCUT2D eigenvalue weighted by Gasteiger charge is 2.39. The summed E-state index contributed by atoms with van der Waals surface area (Å²) in [6, 6.07) is -6.02. The van der Waals surface area contributed by atoms with Crippen LogP contribution in [0.25, 0.3) is 0 Å². The van der Waals surface area contributed by atoms with Gasteiger partial charge in [-0.3, -0.25) is 43.7 Å². The number of hydrogen-bond donors (Lipinski definition) is 14. The molecule has 0 unspecified atom stereocenters. The molecule has 25 heteroatoms. The fourth-order valence-corrected chi connectivity index (χ4v) is 5.36. The molecule has 25 nitrogen and oxygen atoms in total. The molecule has 0 bridgehead atoms. The average Bonchev–Trinajstić information content (AvgIpc) is 3.62. The van der Waals surface area contributed by atoms with Crippen LogP contribution in [0.3, 0.4) is 0 Å². The van der Waals surface area contributed by atoms with Crippen molar-refractivity contribution in [1.29, 1.82) is 0 Å². The van der Waals surface area contributed by atoms with Gasteiger partial charge in [-0.05, 0) is 58.3 Å². The second kappa shape index (κ2) is 25.2. The summed E-state index contributed by atoms with van der Waals surface area (Å²) in [6.45, 7) is 0.703. The molecule has 1 rings (SSSR count). The first-order chi connectivity index (χ1) is 26.3. The Bertz CT molecular complexity index is 1450. The number of carboxylic acids is 1. The molecule has 0 aromatic heterocycles. The summed E-state index contributed by atoms with van der Waals surface area (Å²) in [4.78, 5) is 102. The van der Waals surface area contributed by atoms with Crippen LogP contribution in [0.2, 0.25) is 0 Å². The van der Waals surface area contributed by atoms with Crippen molar-refractivity contribution in [3.05, 3.63) is 0 Å². The molecule has 0 spiro atoms. The van der Waals surface area contributed by atoms with E-state index in [9.17, 15) is 43.8 Å². The molecule has 316 valence electrons. The fraction of sp³-hybridized carbons (Fsp3) is 0.677. The predicted molar refractivity (Wildman–Crippen MR) is 204 cm³/mol. The molecule has 0 aromatic carbocycles. The van der Waals surface area contributed by atoms with Gasteiger partial charge in [0, 0.05) is 26.2 Å². The second-order valence-corrected chi connectivity index (χ2v) is 12.9. The summed E-state index contributed by atoms with van der Waals surface area (Å²) in [7, 11) is 0. The lowest BCUT2D eigenvalue weighted by molar-refractivity contribution is -0.144. The summed E-state index contributed by atoms with van der Waals surface area (Å²) in [5.41, 5.74) is 37.7. The van der Waals surface area contributed by atoms with Gasteiger partial charge in [0.15, 0.2) is 17.9 Å². The Morgan fingerprint density at radius 1 is 0.714 bits per heavy atom. The van der Waals surface area contributed by atoms with Gasteiger partial charge in [-0.15, -0.1) is 0 Å². The van der Waals surface area contributed by atoms with Crippen molar-refractivity contribution in [2.24, 2.45) is 55.1 Å². The van der Waals surface area contributed by atoms with Crippen LogP contribution in [-0.4, -0.2) is 150 Å². The molecule has 1 aliphatic heterocycles. The number of nitrogens with two attached hydrogens (primary N) is 7. The summed E-state index contributed by atoms with van der Waals surface area (Å²) < 4.78 is 0. The van der Waals surface area contributed by atoms with Crippen LogP contribution in [0, 0.1) is 0 Å². The number of hydrogen-bond acceptors (Lipinski definition) is 12. The van der Waals surface area contributed by atoms with Gasteiger partial charge in [0.25, 0.3) is 0 Å². The van der Waals surface area contributed by atoms with E-state index in [-0.39, 0.29) is 82.6 Å². The molecule has 1 aliphatic rings. The average molecular weight is 799 g/mol. The second-order valence-electron chi connectivity index (χ2n) is 12.9. The SMILES string of the molecule is C[C@@H](O)[C@H](NC(=O)[C@@H](N)CCCN=C(N)N)C(=O)N1CCC[C@H]1C(=O)NCC(=O)NCC(=O)N[C@@H](CCCN=C(N)N)C(=O)N[C@@H](CCCN=C(N)N)C(=O)O. The van der Waals surface area contributed by atoms with Crippen LogP contribution in [0.1, 0.15) is 58.3 Å². The monoisotopic (exact) mass is 798 g/mol. The van der Waals surface area contributed by atoms with Gasteiger partial charge in [-0.25, -0.2) is 4.79 Å². The van der Waals surface area contributed by atoms with Gasteiger partial charge in [0.05, 0.1) is 25.2 Å². The third-order valence-corrected chi connectivity index (χ3v) is 8.22. The predicted octanol–water partition coefficient (Wildman–Crippen LogP) is -7.38. The maximum atomic E-state index is 13.4. The van der Waals surface area contributed by atoms with E-state index in [0.717, 1.165) is 0 Å². The molecular weight excluding hydrogens is 740 g/mol. The summed E-state index contributed by atoms with van der Waals surface area (Å²) in [5.74, 6) is -6.31. The molecule has 6 amide bonds. The number of guanidine groups is 3. The molecule has 1 fully saturated rings. The maximum Gasteiger partial charge on any atom is 0.326 e. The number of aliphatic hydroxyl groups is 1. The summed E-state index contributed by atoms with van der Waals surface area (Å²) >= 11 is 0. The van der Waals surface area contributed by atoms with Gasteiger partial charge >= 0.3 is 5.97 Å². The fourth-order valence-electron chi connectivity index (χ4n) is 5.36. The van der Waals surface area contributed by atoms with E-state index in [0.29, 0.717) is 12.8 Å². The van der Waals surface area contributed by atoms with Crippen LogP contribution in [0.5, 0.6) is 0 Å². The Hall–Kier alpha value is -5.98. The van der Waals surface area contributed by atoms with Crippen LogP contribution in [0.4, 0.5) is 0 Å². The normalized spacial score (nSPS) is 16.1. The van der Waals surface area contributed by atoms with E-state index in [4.69, 9.17) is 40.1 Å². The van der Waals surface area contributed by atoms with E-state index in [1.165, 1.54) is 11.8 Å². The molecule has 0 radical (unpaired) electrons. The highest BCUT2D eigenvalue weighted by molar-refractivity contribution is 5.96. The van der Waals surface area contributed by atoms with Crippen LogP contribution in [0.15, 0.2) is 15.0 Å². The Kier molecular flexibility index (Phi) is 21.6. The highest BCUT2D eigenvalue weighted by atomic mass is 16.4. The molecule has 1 heterocycles. The van der Waals surface area contributed by atoms with Gasteiger partial charge in [0.1, 0.15) is 24.2 Å². The minimum atomic E-state index is -1.41. The molecule has 0 aromatic rings. The number of aliphatic hydroxyl groups excluding tert-OH is 1. The molecule has 21 N–H and O–H groups in total. The Morgan fingerprint density at radius 3 is 1.75 bits per heavy atom. The Morgan fingerprint density at radius 2 is 1.23 bits per heavy atom. The van der Waals surface area contributed by atoms with Crippen LogP contribution in [-0.2, 0) is 33.6 Å². The van der Waals surface area contributed by atoms with Gasteiger partial charge in [0.2, 0.25) is 35.4 Å². The van der Waals surface area contributed by atoms with Crippen molar-refractivity contribution in [2.45, 2.75) is 94.6 Å². The number of carbonyl (C=O) groups is 7. The number of aliphatic carboxylic acids is 1. The van der Waals surface area contributed by atoms with Crippen molar-refractivity contribution in [1.82, 2.24) is 31.5 Å². The highest BCUT2D eigenvalue weighted by Crippen LogP contribution is 2.19. The third kappa shape index (κ3) is 18.9. The third-order valence-electron chi connectivity index (χ3n) is 8.22. The summed E-state index contributed by atoms with van der Waals surface area (Å²) in [5, 5.41) is 31.9. The lowest BCUT2D eigenvalue weighted by Gasteiger charge is -2.30. The van der Waals surface area contributed by atoms with Gasteiger partial charge < -0.3 is 81.8 Å². The molecule has 56 heavy (non-hydrogen) atoms. The number of nitrogens with zero attached hydrogens (tertiary/aromatic N) is 4. The van der Waals surface area contributed by atoms with Crippen molar-refractivity contribution < 1.29 is 43.8 Å². The number of amides is 6. The number of rotatable bonds is 25. The van der Waals surface area contributed by atoms with E-state index in [2.05, 4.69) is 41.6 Å². The minimum absolute atomic E-state index is 0.00238. The number of nitrogens with one attached hydrogen (secondary N) is 5. The van der Waals surface area contributed by atoms with Crippen LogP contribution >= 0.6 is 0 Å². The number of likely N-dealkylation sites (tertiary alicyclic amines) is 1. The number of carboxylic acid groups (broad SMARTS) is 1. The number of aliphatic imine (C=N–C) groups is 3. The first-order valence-electron chi connectivity index (χ1n) is 17.9. The van der Waals surface area contributed by atoms with Crippen molar-refractivity contribution >= 4 is 59.3 Å². The standard InChI is InChI=1S/C31H58N16O9/c1-16(48)23(46-24(51)17(32)6-2-10-39-29(33)34)27(54)47-13-5-9-20(47)26(53)43-14-21(49)42-15-22(50)44-18(7-3-11-40-30(35)36)25(52)45-19(28(55)56)8-4-12-41-31(37)38/h16-20,23,48H,2-15,32H2,1H3,(H,42,49)(H,43,53)(H,44,50)(H,45,52)(H,46,51)(H,55,56)(H4,33,34,39)(H4,35,36,40)(H4,37,38,41)/t16-,17+,18+,19+,20+,23+/m1/s1. The Labute approximate surface area is 323 Å². The molecule has 1 saturated heterocycles. The summed E-state index contributed by atoms with van der Waals surface area (Å²) in [6.07, 6.45) is 0.322. The van der Waals surface area contributed by atoms with Crippen LogP contribution < -0.4 is 66.7 Å². The lowest BCUT2D eigenvalue weighted by Crippen LogP contribution is -2.59. The van der Waals surface area contributed by atoms with Crippen molar-refractivity contribution in [3.63, 3.8) is 0 Å². The molecule has 0 saturated carbocycles. The zero-order valence-electron chi connectivity index (χ0n) is 31.4. The smallest absolute Gasteiger partial charge is 0.326 e. The van der Waals surface area contributed by atoms with E-state index in [1.807, 2.05) is 0 Å². The van der Waals surface area contributed by atoms with Crippen molar-refractivity contribution in [3.8, 4) is 0 Å². The molecular formula is C31H58N16O9.